The van der Waals surface area contributed by atoms with Gasteiger partial charge < -0.3 is 13.9 Å². The molecule has 35 heavy (non-hydrogen) atoms. The molecule has 0 saturated heterocycles. The first-order valence-corrected chi connectivity index (χ1v) is 11.6. The highest BCUT2D eigenvalue weighted by Crippen LogP contribution is 2.38. The minimum atomic E-state index is -0.657. The Morgan fingerprint density at radius 2 is 1.74 bits per heavy atom. The van der Waals surface area contributed by atoms with Crippen LogP contribution in [-0.4, -0.2) is 11.8 Å². The minimum absolute atomic E-state index is 0.0436. The molecule has 176 valence electrons. The van der Waals surface area contributed by atoms with Gasteiger partial charge in [0.05, 0.1) is 5.56 Å². The second kappa shape index (κ2) is 8.43. The molecule has 0 amide bonds. The SMILES string of the molecule is Cc1cc(OC(=O)c2cc3cc(Cl)ccc3o2)cc2c1C(=O)/C(=C/c1ccc(C(C)(C)C)cc1)O2. The zero-order valence-electron chi connectivity index (χ0n) is 19.8. The summed E-state index contributed by atoms with van der Waals surface area (Å²) in [5.74, 6) is 0.0288. The van der Waals surface area contributed by atoms with Crippen molar-refractivity contribution in [3.05, 3.63) is 99.5 Å². The van der Waals surface area contributed by atoms with Crippen LogP contribution in [0.25, 0.3) is 17.0 Å². The van der Waals surface area contributed by atoms with Gasteiger partial charge in [-0.2, -0.15) is 0 Å². The lowest BCUT2D eigenvalue weighted by Gasteiger charge is -2.18. The van der Waals surface area contributed by atoms with E-state index in [1.807, 2.05) is 24.3 Å². The second-order valence-corrected chi connectivity index (χ2v) is 10.0. The number of fused-ring (bicyclic) bond motifs is 2. The highest BCUT2D eigenvalue weighted by Gasteiger charge is 2.30. The van der Waals surface area contributed by atoms with Gasteiger partial charge >= 0.3 is 5.97 Å². The number of Topliss-reactive ketones (excluding diaryl/α,β-unsaturated/α-hetero) is 1. The summed E-state index contributed by atoms with van der Waals surface area (Å²) in [7, 11) is 0. The topological polar surface area (TPSA) is 65.7 Å². The summed E-state index contributed by atoms with van der Waals surface area (Å²) < 4.78 is 17.0. The third kappa shape index (κ3) is 4.47. The van der Waals surface area contributed by atoms with Crippen molar-refractivity contribution >= 4 is 40.4 Å². The molecule has 0 aliphatic carbocycles. The zero-order valence-corrected chi connectivity index (χ0v) is 20.5. The molecule has 1 aliphatic rings. The second-order valence-electron chi connectivity index (χ2n) is 9.61. The summed E-state index contributed by atoms with van der Waals surface area (Å²) in [4.78, 5) is 25.7. The first-order valence-electron chi connectivity index (χ1n) is 11.2. The molecular formula is C29H23ClO5. The Labute approximate surface area is 207 Å². The number of aryl methyl sites for hydroxylation is 1. The highest BCUT2D eigenvalue weighted by molar-refractivity contribution is 6.31. The summed E-state index contributed by atoms with van der Waals surface area (Å²) in [6.07, 6.45) is 1.72. The van der Waals surface area contributed by atoms with Crippen LogP contribution >= 0.6 is 11.6 Å². The van der Waals surface area contributed by atoms with E-state index in [-0.39, 0.29) is 28.5 Å². The first-order chi connectivity index (χ1) is 16.6. The Morgan fingerprint density at radius 1 is 1.00 bits per heavy atom. The molecule has 0 spiro atoms. The Hall–Kier alpha value is -3.83. The number of furan rings is 1. The van der Waals surface area contributed by atoms with Crippen LogP contribution in [0.4, 0.5) is 0 Å². The Bertz CT molecular complexity index is 1520. The third-order valence-electron chi connectivity index (χ3n) is 5.91. The standard InChI is InChI=1S/C29H23ClO5/c1-16-11-21(33-28(32)25-14-18-13-20(30)9-10-22(18)34-25)15-23-26(16)27(31)24(35-23)12-17-5-7-19(8-6-17)29(2,3)4/h5-15H,1-4H3/b24-12-. The van der Waals surface area contributed by atoms with E-state index in [0.29, 0.717) is 32.9 Å². The van der Waals surface area contributed by atoms with E-state index in [9.17, 15) is 9.59 Å². The molecule has 5 rings (SSSR count). The molecule has 1 aliphatic heterocycles. The van der Waals surface area contributed by atoms with E-state index in [1.54, 1.807) is 49.4 Å². The summed E-state index contributed by atoms with van der Waals surface area (Å²) in [5.41, 5.74) is 3.76. The summed E-state index contributed by atoms with van der Waals surface area (Å²) in [5, 5.41) is 1.25. The van der Waals surface area contributed by atoms with Crippen LogP contribution in [0, 0.1) is 6.92 Å². The van der Waals surface area contributed by atoms with Crippen LogP contribution in [0.1, 0.15) is 58.4 Å². The van der Waals surface area contributed by atoms with Gasteiger partial charge in [-0.05, 0) is 65.4 Å². The number of hydrogen-bond acceptors (Lipinski definition) is 5. The van der Waals surface area contributed by atoms with Crippen LogP contribution in [0.3, 0.4) is 0 Å². The molecule has 0 atom stereocenters. The fraction of sp³-hybridized carbons (Fsp3) is 0.172. The maximum atomic E-state index is 13.0. The van der Waals surface area contributed by atoms with E-state index in [1.165, 1.54) is 5.56 Å². The zero-order chi connectivity index (χ0) is 24.9. The van der Waals surface area contributed by atoms with Crippen molar-refractivity contribution in [2.24, 2.45) is 0 Å². The fourth-order valence-electron chi connectivity index (χ4n) is 4.04. The largest absolute Gasteiger partial charge is 0.452 e. The van der Waals surface area contributed by atoms with Crippen molar-refractivity contribution in [3.8, 4) is 11.5 Å². The number of halogens is 1. The van der Waals surface area contributed by atoms with Crippen LogP contribution in [0.2, 0.25) is 5.02 Å². The Morgan fingerprint density at radius 3 is 2.46 bits per heavy atom. The number of allylic oxidation sites excluding steroid dienone is 1. The Balaban J connectivity index is 1.38. The Kier molecular flexibility index (Phi) is 5.53. The highest BCUT2D eigenvalue weighted by atomic mass is 35.5. The van der Waals surface area contributed by atoms with Gasteiger partial charge in [0.2, 0.25) is 11.5 Å². The van der Waals surface area contributed by atoms with E-state index in [0.717, 1.165) is 5.56 Å². The van der Waals surface area contributed by atoms with Crippen molar-refractivity contribution < 1.29 is 23.5 Å². The molecule has 0 fully saturated rings. The summed E-state index contributed by atoms with van der Waals surface area (Å²) in [6, 6.07) is 17.9. The molecule has 2 heterocycles. The quantitative estimate of drug-likeness (QED) is 0.170. The third-order valence-corrected chi connectivity index (χ3v) is 6.14. The van der Waals surface area contributed by atoms with E-state index in [4.69, 9.17) is 25.5 Å². The van der Waals surface area contributed by atoms with Gasteiger partial charge in [-0.1, -0.05) is 56.6 Å². The van der Waals surface area contributed by atoms with Gasteiger partial charge in [0.25, 0.3) is 0 Å². The lowest BCUT2D eigenvalue weighted by Crippen LogP contribution is -2.10. The summed E-state index contributed by atoms with van der Waals surface area (Å²) >= 11 is 6.00. The van der Waals surface area contributed by atoms with Gasteiger partial charge in [0, 0.05) is 16.5 Å². The van der Waals surface area contributed by atoms with Crippen LogP contribution < -0.4 is 9.47 Å². The van der Waals surface area contributed by atoms with Crippen molar-refractivity contribution in [1.82, 2.24) is 0 Å². The van der Waals surface area contributed by atoms with Gasteiger partial charge in [-0.3, -0.25) is 4.79 Å². The number of esters is 1. The number of ether oxygens (including phenoxy) is 2. The number of ketones is 1. The van der Waals surface area contributed by atoms with Gasteiger partial charge in [0.15, 0.2) is 5.76 Å². The van der Waals surface area contributed by atoms with Crippen molar-refractivity contribution in [2.45, 2.75) is 33.1 Å². The number of carbonyl (C=O) groups excluding carboxylic acids is 2. The van der Waals surface area contributed by atoms with Crippen LogP contribution in [0.5, 0.6) is 11.5 Å². The number of benzene rings is 3. The van der Waals surface area contributed by atoms with E-state index >= 15 is 0 Å². The predicted molar refractivity (Wildman–Crippen MR) is 135 cm³/mol. The maximum absolute atomic E-state index is 13.0. The number of hydrogen-bond donors (Lipinski definition) is 0. The smallest absolute Gasteiger partial charge is 0.379 e. The normalized spacial score (nSPS) is 14.3. The van der Waals surface area contributed by atoms with Gasteiger partial charge in [0.1, 0.15) is 17.1 Å². The van der Waals surface area contributed by atoms with Crippen molar-refractivity contribution in [3.63, 3.8) is 0 Å². The lowest BCUT2D eigenvalue weighted by molar-refractivity contribution is 0.0703. The minimum Gasteiger partial charge on any atom is -0.452 e. The maximum Gasteiger partial charge on any atom is 0.379 e. The molecule has 0 unspecified atom stereocenters. The van der Waals surface area contributed by atoms with Crippen LogP contribution in [-0.2, 0) is 5.41 Å². The molecule has 6 heteroatoms. The first kappa shape index (κ1) is 22.9. The van der Waals surface area contributed by atoms with E-state index in [2.05, 4.69) is 20.8 Å². The van der Waals surface area contributed by atoms with Gasteiger partial charge in [-0.15, -0.1) is 0 Å². The lowest BCUT2D eigenvalue weighted by atomic mass is 9.86. The molecule has 0 saturated carbocycles. The monoisotopic (exact) mass is 486 g/mol. The summed E-state index contributed by atoms with van der Waals surface area (Å²) in [6.45, 7) is 8.23. The average Bonchev–Trinajstić information content (AvgIpc) is 3.34. The molecule has 5 nitrogen and oxygen atoms in total. The molecule has 0 N–H and O–H groups in total. The van der Waals surface area contributed by atoms with Gasteiger partial charge in [-0.25, -0.2) is 4.79 Å². The van der Waals surface area contributed by atoms with E-state index < -0.39 is 5.97 Å². The average molecular weight is 487 g/mol. The number of carbonyl (C=O) groups is 2. The molecule has 3 aromatic carbocycles. The molecule has 0 bridgehead atoms. The van der Waals surface area contributed by atoms with Crippen molar-refractivity contribution in [1.29, 1.82) is 0 Å². The molecule has 4 aromatic rings. The predicted octanol–water partition coefficient (Wildman–Crippen LogP) is 7.53. The molecular weight excluding hydrogens is 464 g/mol. The fourth-order valence-corrected chi connectivity index (χ4v) is 4.22. The van der Waals surface area contributed by atoms with Crippen LogP contribution in [0.15, 0.2) is 70.8 Å². The molecule has 1 aromatic heterocycles. The number of rotatable bonds is 3. The molecule has 0 radical (unpaired) electrons. The van der Waals surface area contributed by atoms with Crippen molar-refractivity contribution in [2.75, 3.05) is 0 Å².